The van der Waals surface area contributed by atoms with E-state index < -0.39 is 0 Å². The third kappa shape index (κ3) is 6.47. The molecular weight excluding hydrogens is 290 g/mol. The van der Waals surface area contributed by atoms with Crippen molar-refractivity contribution in [2.24, 2.45) is 0 Å². The number of hydrogen-bond donors (Lipinski definition) is 0. The van der Waals surface area contributed by atoms with Gasteiger partial charge in [-0.1, -0.05) is 55.4 Å². The molecule has 1 aliphatic carbocycles. The molecule has 0 unspecified atom stereocenters. The molecule has 0 aromatic rings. The van der Waals surface area contributed by atoms with Crippen LogP contribution >= 0.6 is 15.8 Å². The first-order chi connectivity index (χ1) is 9.72. The molecule has 0 atom stereocenters. The molecule has 0 N–H and O–H groups in total. The molecule has 1 rings (SSSR count). The highest BCUT2D eigenvalue weighted by molar-refractivity contribution is 7.59. The van der Waals surface area contributed by atoms with Gasteiger partial charge in [-0.25, -0.2) is 0 Å². The smallest absolute Gasteiger partial charge is 0.0121 e. The van der Waals surface area contributed by atoms with Gasteiger partial charge in [0.1, 0.15) is 0 Å². The van der Waals surface area contributed by atoms with E-state index in [1.807, 2.05) is 0 Å². The molecule has 0 aliphatic heterocycles. The highest BCUT2D eigenvalue weighted by atomic mass is 31.1. The van der Waals surface area contributed by atoms with E-state index in [9.17, 15) is 0 Å². The highest BCUT2D eigenvalue weighted by Gasteiger charge is 2.32. The minimum Gasteiger partial charge on any atom is -0.101 e. The minimum atomic E-state index is 0.118. The molecule has 0 aromatic carbocycles. The van der Waals surface area contributed by atoms with Crippen LogP contribution in [0.2, 0.25) is 0 Å². The first kappa shape index (κ1) is 19.9. The zero-order valence-electron chi connectivity index (χ0n) is 15.4. The first-order valence-corrected chi connectivity index (χ1v) is 11.8. The Morgan fingerprint density at radius 3 is 1.14 bits per heavy atom. The molecule has 0 nitrogen and oxygen atoms in total. The van der Waals surface area contributed by atoms with E-state index in [4.69, 9.17) is 0 Å². The van der Waals surface area contributed by atoms with Gasteiger partial charge in [-0.2, -0.15) is 0 Å². The summed E-state index contributed by atoms with van der Waals surface area (Å²) < 4.78 is 0. The quantitative estimate of drug-likeness (QED) is 0.456. The molecule has 0 bridgehead atoms. The lowest BCUT2D eigenvalue weighted by molar-refractivity contribution is 0.989. The van der Waals surface area contributed by atoms with Crippen molar-refractivity contribution < 1.29 is 0 Å². The van der Waals surface area contributed by atoms with Crippen LogP contribution in [0.15, 0.2) is 0 Å². The van der Waals surface area contributed by atoms with Crippen molar-refractivity contribution in [1.82, 2.24) is 0 Å². The van der Waals surface area contributed by atoms with Gasteiger partial charge in [-0.3, -0.25) is 0 Å². The summed E-state index contributed by atoms with van der Waals surface area (Å²) in [5.74, 6) is 3.17. The minimum absolute atomic E-state index is 0.118. The van der Waals surface area contributed by atoms with Crippen LogP contribution in [0.25, 0.3) is 0 Å². The normalized spacial score (nSPS) is 18.6. The second-order valence-corrected chi connectivity index (χ2v) is 14.2. The standard InChI is InChI=1S/C19H35P2/c1-14(2)20(15(3)4)12-18-9-10-19(11-18)13-21(16(5)6)17(7)8/h9-11,14-17H,12-13H2,1-8H3. The highest BCUT2D eigenvalue weighted by Crippen LogP contribution is 2.54. The van der Waals surface area contributed by atoms with E-state index >= 15 is 0 Å². The summed E-state index contributed by atoms with van der Waals surface area (Å²) in [5.41, 5.74) is 3.34. The van der Waals surface area contributed by atoms with Crippen molar-refractivity contribution in [2.75, 3.05) is 12.3 Å². The number of rotatable bonds is 8. The second kappa shape index (κ2) is 9.23. The van der Waals surface area contributed by atoms with Gasteiger partial charge in [0.25, 0.3) is 0 Å². The summed E-state index contributed by atoms with van der Waals surface area (Å²) >= 11 is 0. The van der Waals surface area contributed by atoms with Crippen molar-refractivity contribution in [3.63, 3.8) is 0 Å². The molecule has 1 aliphatic rings. The molecule has 0 heterocycles. The largest absolute Gasteiger partial charge is 0.101 e. The summed E-state index contributed by atoms with van der Waals surface area (Å²) in [7, 11) is 0.237. The average Bonchev–Trinajstić information content (AvgIpc) is 2.79. The Labute approximate surface area is 137 Å². The van der Waals surface area contributed by atoms with E-state index in [0.717, 1.165) is 22.6 Å². The SMILES string of the molecule is CC(C)P(C[C]1[CH][CH][C](CP(C(C)C)C(C)C)[CH]1)C(C)C. The maximum Gasteiger partial charge on any atom is -0.0121 e. The lowest BCUT2D eigenvalue weighted by Crippen LogP contribution is -2.13. The molecule has 0 amide bonds. The Morgan fingerprint density at radius 1 is 0.619 bits per heavy atom. The van der Waals surface area contributed by atoms with Crippen LogP contribution in [0.3, 0.4) is 0 Å². The molecular formula is C19H35P2. The van der Waals surface area contributed by atoms with E-state index in [1.54, 1.807) is 11.8 Å². The van der Waals surface area contributed by atoms with Crippen molar-refractivity contribution >= 4 is 15.8 Å². The van der Waals surface area contributed by atoms with Crippen LogP contribution in [0.5, 0.6) is 0 Å². The van der Waals surface area contributed by atoms with E-state index in [1.165, 1.54) is 12.3 Å². The zero-order chi connectivity index (χ0) is 16.2. The van der Waals surface area contributed by atoms with Gasteiger partial charge in [0.2, 0.25) is 0 Å². The molecule has 0 spiro atoms. The predicted molar refractivity (Wildman–Crippen MR) is 104 cm³/mol. The van der Waals surface area contributed by atoms with Crippen molar-refractivity contribution in [3.8, 4) is 0 Å². The summed E-state index contributed by atoms with van der Waals surface area (Å²) in [4.78, 5) is 0. The van der Waals surface area contributed by atoms with Gasteiger partial charge in [-0.15, -0.1) is 15.8 Å². The van der Waals surface area contributed by atoms with Crippen LogP contribution in [0.4, 0.5) is 0 Å². The van der Waals surface area contributed by atoms with E-state index in [0.29, 0.717) is 0 Å². The van der Waals surface area contributed by atoms with Crippen LogP contribution < -0.4 is 0 Å². The van der Waals surface area contributed by atoms with E-state index in [2.05, 4.69) is 74.7 Å². The maximum absolute atomic E-state index is 2.50. The van der Waals surface area contributed by atoms with Crippen molar-refractivity contribution in [1.29, 1.82) is 0 Å². The molecule has 0 aromatic heterocycles. The van der Waals surface area contributed by atoms with Crippen LogP contribution in [-0.2, 0) is 0 Å². The van der Waals surface area contributed by atoms with Gasteiger partial charge in [0.15, 0.2) is 0 Å². The molecule has 0 saturated heterocycles. The Hall–Kier alpha value is 0.860. The molecule has 121 valence electrons. The van der Waals surface area contributed by atoms with Gasteiger partial charge >= 0.3 is 0 Å². The zero-order valence-corrected chi connectivity index (χ0v) is 17.1. The summed E-state index contributed by atoms with van der Waals surface area (Å²) in [6.07, 6.45) is 9.91. The Morgan fingerprint density at radius 2 is 0.905 bits per heavy atom. The lowest BCUT2D eigenvalue weighted by Gasteiger charge is -2.29. The Bertz CT molecular complexity index is 239. The molecule has 5 radical (unpaired) electrons. The average molecular weight is 325 g/mol. The maximum atomic E-state index is 2.50. The monoisotopic (exact) mass is 325 g/mol. The first-order valence-electron chi connectivity index (χ1n) is 8.48. The summed E-state index contributed by atoms with van der Waals surface area (Å²) in [5, 5.41) is 0. The summed E-state index contributed by atoms with van der Waals surface area (Å²) in [6, 6.07) is 0. The van der Waals surface area contributed by atoms with Gasteiger partial charge in [0.05, 0.1) is 0 Å². The third-order valence-electron chi connectivity index (χ3n) is 4.27. The fourth-order valence-electron chi connectivity index (χ4n) is 3.09. The lowest BCUT2D eigenvalue weighted by atomic mass is 10.1. The topological polar surface area (TPSA) is 0 Å². The van der Waals surface area contributed by atoms with Crippen LogP contribution in [0.1, 0.15) is 55.4 Å². The number of hydrogen-bond acceptors (Lipinski definition) is 0. The Balaban J connectivity index is 2.48. The molecule has 21 heavy (non-hydrogen) atoms. The van der Waals surface area contributed by atoms with Gasteiger partial charge in [-0.05, 0) is 66.1 Å². The summed E-state index contributed by atoms with van der Waals surface area (Å²) in [6.45, 7) is 19.2. The van der Waals surface area contributed by atoms with Gasteiger partial charge in [0, 0.05) is 0 Å². The predicted octanol–water partition coefficient (Wildman–Crippen LogP) is 6.36. The van der Waals surface area contributed by atoms with Crippen molar-refractivity contribution in [3.05, 3.63) is 31.1 Å². The second-order valence-electron chi connectivity index (χ2n) is 7.35. The van der Waals surface area contributed by atoms with Crippen LogP contribution in [0, 0.1) is 31.1 Å². The fourth-order valence-corrected chi connectivity index (χ4v) is 8.17. The van der Waals surface area contributed by atoms with Crippen LogP contribution in [-0.4, -0.2) is 35.0 Å². The third-order valence-corrected chi connectivity index (χ3v) is 11.0. The molecule has 2 heteroatoms. The Kier molecular flexibility index (Phi) is 8.75. The van der Waals surface area contributed by atoms with Crippen molar-refractivity contribution in [2.45, 2.75) is 78.0 Å². The fraction of sp³-hybridized carbons (Fsp3) is 0.737. The molecule has 1 fully saturated rings. The molecule has 1 saturated carbocycles. The van der Waals surface area contributed by atoms with Gasteiger partial charge < -0.3 is 0 Å². The van der Waals surface area contributed by atoms with E-state index in [-0.39, 0.29) is 15.8 Å².